The second-order valence-electron chi connectivity index (χ2n) is 6.86. The van der Waals surface area contributed by atoms with E-state index in [0.29, 0.717) is 12.5 Å². The molecule has 126 valence electrons. The highest BCUT2D eigenvalue weighted by Crippen LogP contribution is 2.47. The highest BCUT2D eigenvalue weighted by atomic mass is 16.2. The molecule has 0 aliphatic heterocycles. The van der Waals surface area contributed by atoms with E-state index < -0.39 is 0 Å². The molecule has 0 saturated heterocycles. The van der Waals surface area contributed by atoms with Gasteiger partial charge >= 0.3 is 6.03 Å². The molecule has 3 nitrogen and oxygen atoms in total. The molecular weight excluding hydrogens is 296 g/mol. The summed E-state index contributed by atoms with van der Waals surface area (Å²) in [6.07, 6.45) is 3.26. The van der Waals surface area contributed by atoms with Crippen molar-refractivity contribution in [1.29, 1.82) is 0 Å². The number of hydrogen-bond acceptors (Lipinski definition) is 1. The van der Waals surface area contributed by atoms with Crippen molar-refractivity contribution < 1.29 is 4.79 Å². The Labute approximate surface area is 144 Å². The molecule has 0 heterocycles. The van der Waals surface area contributed by atoms with Gasteiger partial charge in [0.05, 0.1) is 0 Å². The van der Waals surface area contributed by atoms with Gasteiger partial charge in [-0.15, -0.1) is 0 Å². The van der Waals surface area contributed by atoms with Crippen LogP contribution in [0.5, 0.6) is 0 Å². The van der Waals surface area contributed by atoms with Gasteiger partial charge < -0.3 is 10.6 Å². The Morgan fingerprint density at radius 2 is 1.62 bits per heavy atom. The van der Waals surface area contributed by atoms with Crippen LogP contribution < -0.4 is 10.6 Å². The van der Waals surface area contributed by atoms with E-state index in [2.05, 4.69) is 66.1 Å². The molecule has 3 rings (SSSR count). The molecule has 0 aromatic heterocycles. The predicted molar refractivity (Wildman–Crippen MR) is 98.2 cm³/mol. The Balaban J connectivity index is 1.39. The molecule has 0 bridgehead atoms. The zero-order valence-corrected chi connectivity index (χ0v) is 14.3. The Kier molecular flexibility index (Phi) is 5.19. The van der Waals surface area contributed by atoms with Crippen molar-refractivity contribution in [3.05, 3.63) is 71.8 Å². The molecule has 2 aromatic carbocycles. The standard InChI is InChI=1S/C21H26N2O/c1-17(18-8-4-2-5-9-18)12-15-22-20(24)23-16-21(13-14-21)19-10-6-3-7-11-19/h2-11,17H,12-16H2,1H3,(H2,22,23,24). The lowest BCUT2D eigenvalue weighted by molar-refractivity contribution is 0.239. The van der Waals surface area contributed by atoms with Crippen LogP contribution in [-0.4, -0.2) is 19.1 Å². The third-order valence-corrected chi connectivity index (χ3v) is 5.06. The first kappa shape index (κ1) is 16.6. The van der Waals surface area contributed by atoms with Gasteiger partial charge in [0, 0.05) is 18.5 Å². The van der Waals surface area contributed by atoms with Crippen molar-refractivity contribution in [2.75, 3.05) is 13.1 Å². The van der Waals surface area contributed by atoms with Gasteiger partial charge in [-0.2, -0.15) is 0 Å². The van der Waals surface area contributed by atoms with Crippen LogP contribution in [0.2, 0.25) is 0 Å². The molecule has 1 aliphatic carbocycles. The number of benzene rings is 2. The molecule has 3 heteroatoms. The molecule has 1 fully saturated rings. The van der Waals surface area contributed by atoms with Crippen LogP contribution in [0.15, 0.2) is 60.7 Å². The maximum Gasteiger partial charge on any atom is 0.314 e. The van der Waals surface area contributed by atoms with Crippen LogP contribution in [0.25, 0.3) is 0 Å². The van der Waals surface area contributed by atoms with Crippen LogP contribution in [-0.2, 0) is 5.41 Å². The number of carbonyl (C=O) groups excluding carboxylic acids is 1. The molecular formula is C21H26N2O. The Morgan fingerprint density at radius 3 is 2.25 bits per heavy atom. The molecule has 0 spiro atoms. The predicted octanol–water partition coefficient (Wildman–Crippen LogP) is 4.21. The van der Waals surface area contributed by atoms with Crippen molar-refractivity contribution in [3.63, 3.8) is 0 Å². The van der Waals surface area contributed by atoms with E-state index in [1.54, 1.807) is 0 Å². The summed E-state index contributed by atoms with van der Waals surface area (Å²) in [4.78, 5) is 12.0. The Hall–Kier alpha value is -2.29. The van der Waals surface area contributed by atoms with Crippen LogP contribution in [0.4, 0.5) is 4.79 Å². The maximum atomic E-state index is 12.0. The Bertz CT molecular complexity index is 650. The number of urea groups is 1. The molecule has 1 aliphatic rings. The summed E-state index contributed by atoms with van der Waals surface area (Å²) in [7, 11) is 0. The fourth-order valence-corrected chi connectivity index (χ4v) is 3.17. The second-order valence-corrected chi connectivity index (χ2v) is 6.86. The summed E-state index contributed by atoms with van der Waals surface area (Å²) in [5.74, 6) is 0.450. The monoisotopic (exact) mass is 322 g/mol. The van der Waals surface area contributed by atoms with Crippen LogP contribution in [0.3, 0.4) is 0 Å². The minimum absolute atomic E-state index is 0.0579. The first-order chi connectivity index (χ1) is 11.7. The van der Waals surface area contributed by atoms with E-state index >= 15 is 0 Å². The van der Waals surface area contributed by atoms with E-state index in [9.17, 15) is 4.79 Å². The van der Waals surface area contributed by atoms with E-state index in [0.717, 1.165) is 25.8 Å². The third-order valence-electron chi connectivity index (χ3n) is 5.06. The number of carbonyl (C=O) groups is 1. The van der Waals surface area contributed by atoms with Crippen molar-refractivity contribution in [1.82, 2.24) is 10.6 Å². The molecule has 1 atom stereocenters. The number of rotatable bonds is 7. The van der Waals surface area contributed by atoms with Gasteiger partial charge in [-0.3, -0.25) is 0 Å². The highest BCUT2D eigenvalue weighted by molar-refractivity contribution is 5.74. The number of hydrogen-bond donors (Lipinski definition) is 2. The summed E-state index contributed by atoms with van der Waals surface area (Å²) in [5.41, 5.74) is 2.82. The summed E-state index contributed by atoms with van der Waals surface area (Å²) in [6, 6.07) is 20.9. The second kappa shape index (κ2) is 7.52. The summed E-state index contributed by atoms with van der Waals surface area (Å²) >= 11 is 0. The smallest absolute Gasteiger partial charge is 0.314 e. The van der Waals surface area contributed by atoms with E-state index in [-0.39, 0.29) is 11.4 Å². The molecule has 2 N–H and O–H groups in total. The minimum atomic E-state index is -0.0579. The quantitative estimate of drug-likeness (QED) is 0.787. The lowest BCUT2D eigenvalue weighted by Gasteiger charge is -2.17. The summed E-state index contributed by atoms with van der Waals surface area (Å²) in [5, 5.41) is 6.03. The summed E-state index contributed by atoms with van der Waals surface area (Å²) in [6.45, 7) is 3.61. The van der Waals surface area contributed by atoms with Gasteiger partial charge in [0.1, 0.15) is 0 Å². The van der Waals surface area contributed by atoms with E-state index in [4.69, 9.17) is 0 Å². The van der Waals surface area contributed by atoms with Gasteiger partial charge in [0.15, 0.2) is 0 Å². The first-order valence-electron chi connectivity index (χ1n) is 8.82. The van der Waals surface area contributed by atoms with Crippen LogP contribution in [0, 0.1) is 0 Å². The highest BCUT2D eigenvalue weighted by Gasteiger charge is 2.44. The largest absolute Gasteiger partial charge is 0.338 e. The number of nitrogens with one attached hydrogen (secondary N) is 2. The molecule has 1 unspecified atom stereocenters. The van der Waals surface area contributed by atoms with Crippen molar-refractivity contribution >= 4 is 6.03 Å². The van der Waals surface area contributed by atoms with Gasteiger partial charge in [0.2, 0.25) is 0 Å². The van der Waals surface area contributed by atoms with E-state index in [1.165, 1.54) is 11.1 Å². The first-order valence-corrected chi connectivity index (χ1v) is 8.82. The van der Waals surface area contributed by atoms with Gasteiger partial charge in [-0.1, -0.05) is 67.6 Å². The fraction of sp³-hybridized carbons (Fsp3) is 0.381. The average Bonchev–Trinajstić information content (AvgIpc) is 3.43. The van der Waals surface area contributed by atoms with Crippen LogP contribution >= 0.6 is 0 Å². The van der Waals surface area contributed by atoms with Gasteiger partial charge in [0.25, 0.3) is 0 Å². The Morgan fingerprint density at radius 1 is 1.00 bits per heavy atom. The molecule has 2 amide bonds. The average molecular weight is 322 g/mol. The van der Waals surface area contributed by atoms with Gasteiger partial charge in [-0.25, -0.2) is 4.79 Å². The van der Waals surface area contributed by atoms with E-state index in [1.807, 2.05) is 12.1 Å². The fourth-order valence-electron chi connectivity index (χ4n) is 3.17. The topological polar surface area (TPSA) is 41.1 Å². The van der Waals surface area contributed by atoms with Crippen molar-refractivity contribution in [3.8, 4) is 0 Å². The summed E-state index contributed by atoms with van der Waals surface area (Å²) < 4.78 is 0. The lowest BCUT2D eigenvalue weighted by Crippen LogP contribution is -2.40. The SMILES string of the molecule is CC(CCNC(=O)NCC1(c2ccccc2)CC1)c1ccccc1. The molecule has 0 radical (unpaired) electrons. The molecule has 24 heavy (non-hydrogen) atoms. The number of amides is 2. The molecule has 1 saturated carbocycles. The van der Waals surface area contributed by atoms with Crippen LogP contribution in [0.1, 0.15) is 43.2 Å². The lowest BCUT2D eigenvalue weighted by atomic mass is 9.96. The van der Waals surface area contributed by atoms with Crippen molar-refractivity contribution in [2.24, 2.45) is 0 Å². The molecule has 2 aromatic rings. The maximum absolute atomic E-state index is 12.0. The zero-order chi connectivity index (χ0) is 16.8. The van der Waals surface area contributed by atoms with Gasteiger partial charge in [-0.05, 0) is 36.3 Å². The third kappa shape index (κ3) is 4.16. The minimum Gasteiger partial charge on any atom is -0.338 e. The zero-order valence-electron chi connectivity index (χ0n) is 14.3. The van der Waals surface area contributed by atoms with Crippen molar-refractivity contribution in [2.45, 2.75) is 37.5 Å². The normalized spacial score (nSPS) is 16.2.